The molecule has 0 aliphatic rings. The zero-order valence-electron chi connectivity index (χ0n) is 10.6. The van der Waals surface area contributed by atoms with Gasteiger partial charge in [0.25, 0.3) is 10.0 Å². The standard InChI is InChI=1S/C10H16ClN3O4S/c1-3-4-5-8(10(15)16)13-19(17,18)9-7(11)6-12-14(9)2/h6,8,13H,3-5H2,1-2H3,(H,15,16)/t8-/m0/s1. The van der Waals surface area contributed by atoms with E-state index >= 15 is 0 Å². The van der Waals surface area contributed by atoms with Gasteiger partial charge in [-0.1, -0.05) is 31.4 Å². The third-order valence-corrected chi connectivity index (χ3v) is 4.52. The topological polar surface area (TPSA) is 101 Å². The minimum atomic E-state index is -4.02. The highest BCUT2D eigenvalue weighted by Crippen LogP contribution is 2.20. The number of carboxylic acid groups (broad SMARTS) is 1. The van der Waals surface area contributed by atoms with Gasteiger partial charge in [-0.2, -0.15) is 9.82 Å². The summed E-state index contributed by atoms with van der Waals surface area (Å²) in [5.41, 5.74) is 0. The fraction of sp³-hybridized carbons (Fsp3) is 0.600. The number of hydrogen-bond acceptors (Lipinski definition) is 4. The van der Waals surface area contributed by atoms with E-state index in [1.165, 1.54) is 13.2 Å². The predicted molar refractivity (Wildman–Crippen MR) is 69.5 cm³/mol. The minimum absolute atomic E-state index is 0.0466. The maximum Gasteiger partial charge on any atom is 0.321 e. The molecule has 7 nitrogen and oxygen atoms in total. The first-order chi connectivity index (χ1) is 8.79. The van der Waals surface area contributed by atoms with E-state index in [4.69, 9.17) is 16.7 Å². The number of aromatic nitrogens is 2. The first-order valence-electron chi connectivity index (χ1n) is 5.72. The summed E-state index contributed by atoms with van der Waals surface area (Å²) in [7, 11) is -2.60. The van der Waals surface area contributed by atoms with Crippen LogP contribution in [0.4, 0.5) is 0 Å². The van der Waals surface area contributed by atoms with Crippen LogP contribution in [0.25, 0.3) is 0 Å². The Morgan fingerprint density at radius 3 is 2.68 bits per heavy atom. The largest absolute Gasteiger partial charge is 0.480 e. The van der Waals surface area contributed by atoms with Crippen molar-refractivity contribution in [3.63, 3.8) is 0 Å². The van der Waals surface area contributed by atoms with Crippen LogP contribution < -0.4 is 4.72 Å². The van der Waals surface area contributed by atoms with Crippen molar-refractivity contribution in [1.29, 1.82) is 0 Å². The Kier molecular flexibility index (Phi) is 5.33. The SMILES string of the molecule is CCCC[C@H](NS(=O)(=O)c1c(Cl)cnn1C)C(=O)O. The van der Waals surface area contributed by atoms with Gasteiger partial charge in [-0.15, -0.1) is 0 Å². The van der Waals surface area contributed by atoms with E-state index in [9.17, 15) is 13.2 Å². The van der Waals surface area contributed by atoms with Gasteiger partial charge in [-0.25, -0.2) is 8.42 Å². The Hall–Kier alpha value is -1.12. The van der Waals surface area contributed by atoms with Gasteiger partial charge in [-0.3, -0.25) is 9.48 Å². The van der Waals surface area contributed by atoms with Crippen LogP contribution in [-0.4, -0.2) is 35.3 Å². The molecule has 0 fully saturated rings. The van der Waals surface area contributed by atoms with Crippen molar-refractivity contribution >= 4 is 27.6 Å². The third kappa shape index (κ3) is 3.92. The zero-order chi connectivity index (χ0) is 14.6. The number of aryl methyl sites for hydroxylation is 1. The molecule has 0 aliphatic heterocycles. The van der Waals surface area contributed by atoms with Gasteiger partial charge in [0.2, 0.25) is 0 Å². The number of halogens is 1. The minimum Gasteiger partial charge on any atom is -0.480 e. The van der Waals surface area contributed by atoms with Crippen LogP contribution >= 0.6 is 11.6 Å². The number of rotatable bonds is 7. The van der Waals surface area contributed by atoms with Gasteiger partial charge in [0, 0.05) is 7.05 Å². The number of carbonyl (C=O) groups is 1. The molecule has 0 spiro atoms. The smallest absolute Gasteiger partial charge is 0.321 e. The second kappa shape index (κ2) is 6.36. The van der Waals surface area contributed by atoms with Gasteiger partial charge >= 0.3 is 5.97 Å². The number of aliphatic carboxylic acids is 1. The number of unbranched alkanes of at least 4 members (excludes halogenated alkanes) is 1. The second-order valence-corrected chi connectivity index (χ2v) is 6.11. The van der Waals surface area contributed by atoms with E-state index in [1.807, 2.05) is 6.92 Å². The van der Waals surface area contributed by atoms with E-state index in [0.29, 0.717) is 6.42 Å². The summed E-state index contributed by atoms with van der Waals surface area (Å²) in [6.07, 6.45) is 2.80. The lowest BCUT2D eigenvalue weighted by Crippen LogP contribution is -2.41. The second-order valence-electron chi connectivity index (χ2n) is 4.08. The van der Waals surface area contributed by atoms with Crippen molar-refractivity contribution in [3.05, 3.63) is 11.2 Å². The molecule has 0 aromatic carbocycles. The summed E-state index contributed by atoms with van der Waals surface area (Å²) in [4.78, 5) is 11.0. The van der Waals surface area contributed by atoms with Gasteiger partial charge in [-0.05, 0) is 6.42 Å². The molecule has 1 aromatic rings. The number of hydrogen-bond donors (Lipinski definition) is 2. The van der Waals surface area contributed by atoms with Crippen molar-refractivity contribution in [1.82, 2.24) is 14.5 Å². The van der Waals surface area contributed by atoms with E-state index in [-0.39, 0.29) is 16.5 Å². The van der Waals surface area contributed by atoms with Crippen LogP contribution in [0.5, 0.6) is 0 Å². The number of nitrogens with one attached hydrogen (secondary N) is 1. The lowest BCUT2D eigenvalue weighted by atomic mass is 10.1. The number of carboxylic acids is 1. The van der Waals surface area contributed by atoms with Crippen LogP contribution in [0.3, 0.4) is 0 Å². The Morgan fingerprint density at radius 2 is 2.26 bits per heavy atom. The molecular weight excluding hydrogens is 294 g/mol. The molecule has 0 unspecified atom stereocenters. The van der Waals surface area contributed by atoms with E-state index in [1.54, 1.807) is 0 Å². The molecule has 1 atom stereocenters. The molecule has 0 aliphatic carbocycles. The van der Waals surface area contributed by atoms with Gasteiger partial charge in [0.15, 0.2) is 5.03 Å². The van der Waals surface area contributed by atoms with Crippen LogP contribution in [-0.2, 0) is 21.9 Å². The van der Waals surface area contributed by atoms with Crippen molar-refractivity contribution in [3.8, 4) is 0 Å². The average molecular weight is 310 g/mol. The van der Waals surface area contributed by atoms with Crippen molar-refractivity contribution < 1.29 is 18.3 Å². The predicted octanol–water partition coefficient (Wildman–Crippen LogP) is 0.995. The Labute approximate surface area is 116 Å². The van der Waals surface area contributed by atoms with Crippen LogP contribution in [0.1, 0.15) is 26.2 Å². The highest BCUT2D eigenvalue weighted by atomic mass is 35.5. The number of nitrogens with zero attached hydrogens (tertiary/aromatic N) is 2. The first kappa shape index (κ1) is 15.9. The molecule has 1 aromatic heterocycles. The van der Waals surface area contributed by atoms with Gasteiger partial charge < -0.3 is 5.11 Å². The third-order valence-electron chi connectivity index (χ3n) is 2.54. The Balaban J connectivity index is 2.98. The lowest BCUT2D eigenvalue weighted by Gasteiger charge is -2.14. The quantitative estimate of drug-likeness (QED) is 0.782. The summed E-state index contributed by atoms with van der Waals surface area (Å²) in [5, 5.41) is 12.4. The van der Waals surface area contributed by atoms with Gasteiger partial charge in [0.05, 0.1) is 11.2 Å². The van der Waals surface area contributed by atoms with Crippen LogP contribution in [0, 0.1) is 0 Å². The van der Waals surface area contributed by atoms with Crippen LogP contribution in [0.2, 0.25) is 5.02 Å². The van der Waals surface area contributed by atoms with E-state index in [0.717, 1.165) is 11.1 Å². The highest BCUT2D eigenvalue weighted by Gasteiger charge is 2.29. The summed E-state index contributed by atoms with van der Waals surface area (Å²) in [6.45, 7) is 1.89. The zero-order valence-corrected chi connectivity index (χ0v) is 12.2. The van der Waals surface area contributed by atoms with Crippen molar-refractivity contribution in [2.45, 2.75) is 37.3 Å². The summed E-state index contributed by atoms with van der Waals surface area (Å²) in [5.74, 6) is -1.21. The molecule has 0 radical (unpaired) electrons. The summed E-state index contributed by atoms with van der Waals surface area (Å²) < 4.78 is 27.4. The van der Waals surface area contributed by atoms with E-state index in [2.05, 4.69) is 9.82 Å². The normalized spacial score (nSPS) is 13.4. The molecule has 1 rings (SSSR count). The molecule has 19 heavy (non-hydrogen) atoms. The molecule has 0 bridgehead atoms. The Morgan fingerprint density at radius 1 is 1.63 bits per heavy atom. The summed E-state index contributed by atoms with van der Waals surface area (Å²) >= 11 is 5.75. The maximum absolute atomic E-state index is 12.1. The monoisotopic (exact) mass is 309 g/mol. The van der Waals surface area contributed by atoms with E-state index < -0.39 is 22.0 Å². The molecule has 9 heteroatoms. The number of sulfonamides is 1. The highest BCUT2D eigenvalue weighted by molar-refractivity contribution is 7.89. The fourth-order valence-electron chi connectivity index (χ4n) is 1.59. The molecule has 2 N–H and O–H groups in total. The van der Waals surface area contributed by atoms with Gasteiger partial charge in [0.1, 0.15) is 6.04 Å². The molecule has 1 heterocycles. The molecular formula is C10H16ClN3O4S. The molecule has 0 saturated carbocycles. The Bertz CT molecular complexity index is 536. The molecule has 108 valence electrons. The van der Waals surface area contributed by atoms with Crippen LogP contribution in [0.15, 0.2) is 11.2 Å². The lowest BCUT2D eigenvalue weighted by molar-refractivity contribution is -0.139. The fourth-order valence-corrected chi connectivity index (χ4v) is 3.47. The van der Waals surface area contributed by atoms with Crippen molar-refractivity contribution in [2.24, 2.45) is 7.05 Å². The first-order valence-corrected chi connectivity index (χ1v) is 7.58. The maximum atomic E-state index is 12.1. The van der Waals surface area contributed by atoms with Crippen molar-refractivity contribution in [2.75, 3.05) is 0 Å². The summed E-state index contributed by atoms with van der Waals surface area (Å²) in [6, 6.07) is -1.17. The molecule has 0 amide bonds. The molecule has 0 saturated heterocycles. The average Bonchev–Trinajstić information content (AvgIpc) is 2.64.